The van der Waals surface area contributed by atoms with Crippen LogP contribution in [0.1, 0.15) is 23.7 Å². The van der Waals surface area contributed by atoms with Crippen LogP contribution in [0.25, 0.3) is 16.9 Å². The van der Waals surface area contributed by atoms with Gasteiger partial charge in [-0.25, -0.2) is 4.68 Å². The number of aromatic nitrogens is 2. The summed E-state index contributed by atoms with van der Waals surface area (Å²) in [5.41, 5.74) is 2.90. The highest BCUT2D eigenvalue weighted by Gasteiger charge is 2.18. The lowest BCUT2D eigenvalue weighted by Gasteiger charge is -2.07. The number of carbonyl (C=O) groups excluding carboxylic acids is 1. The first-order valence-electron chi connectivity index (χ1n) is 9.51. The number of carbonyl (C=O) groups is 1. The fourth-order valence-electron chi connectivity index (χ4n) is 2.90. The van der Waals surface area contributed by atoms with Gasteiger partial charge in [-0.05, 0) is 37.2 Å². The number of methoxy groups -OCH3 is 1. The molecule has 2 N–H and O–H groups in total. The molecule has 1 amide bonds. The van der Waals surface area contributed by atoms with E-state index in [9.17, 15) is 4.79 Å². The zero-order valence-electron chi connectivity index (χ0n) is 16.3. The van der Waals surface area contributed by atoms with E-state index in [2.05, 4.69) is 22.7 Å². The summed E-state index contributed by atoms with van der Waals surface area (Å²) in [6.07, 6.45) is 2.84. The summed E-state index contributed by atoms with van der Waals surface area (Å²) in [5.74, 6) is 0.584. The SMILES string of the molecule is CCCNCCNC(=O)c1cn(-c2ccccc2)nc1-c1cccc(OC)c1. The van der Waals surface area contributed by atoms with Crippen molar-refractivity contribution in [1.29, 1.82) is 0 Å². The fraction of sp³-hybridized carbons (Fsp3) is 0.273. The fourth-order valence-corrected chi connectivity index (χ4v) is 2.90. The highest BCUT2D eigenvalue weighted by Crippen LogP contribution is 2.26. The van der Waals surface area contributed by atoms with Crippen molar-refractivity contribution in [2.45, 2.75) is 13.3 Å². The van der Waals surface area contributed by atoms with Gasteiger partial charge in [0.25, 0.3) is 5.91 Å². The molecule has 0 aliphatic rings. The summed E-state index contributed by atoms with van der Waals surface area (Å²) in [6, 6.07) is 17.3. The van der Waals surface area contributed by atoms with Crippen LogP contribution < -0.4 is 15.4 Å². The van der Waals surface area contributed by atoms with Crippen molar-refractivity contribution in [1.82, 2.24) is 20.4 Å². The minimum atomic E-state index is -0.140. The molecular weight excluding hydrogens is 352 g/mol. The summed E-state index contributed by atoms with van der Waals surface area (Å²) in [6.45, 7) is 4.36. The molecule has 146 valence electrons. The van der Waals surface area contributed by atoms with Gasteiger partial charge in [0, 0.05) is 24.8 Å². The lowest BCUT2D eigenvalue weighted by atomic mass is 10.1. The highest BCUT2D eigenvalue weighted by molar-refractivity contribution is 6.00. The Morgan fingerprint density at radius 3 is 2.64 bits per heavy atom. The summed E-state index contributed by atoms with van der Waals surface area (Å²) in [7, 11) is 1.62. The van der Waals surface area contributed by atoms with Gasteiger partial charge in [-0.3, -0.25) is 4.79 Å². The van der Waals surface area contributed by atoms with Crippen molar-refractivity contribution < 1.29 is 9.53 Å². The predicted octanol–water partition coefficient (Wildman–Crippen LogP) is 3.28. The van der Waals surface area contributed by atoms with E-state index >= 15 is 0 Å². The molecule has 0 aliphatic carbocycles. The number of hydrogen-bond donors (Lipinski definition) is 2. The highest BCUT2D eigenvalue weighted by atomic mass is 16.5. The molecule has 0 spiro atoms. The van der Waals surface area contributed by atoms with E-state index in [4.69, 9.17) is 4.74 Å². The third-order valence-corrected chi connectivity index (χ3v) is 4.34. The van der Waals surface area contributed by atoms with Gasteiger partial charge in [0.15, 0.2) is 0 Å². The lowest BCUT2D eigenvalue weighted by Crippen LogP contribution is -2.32. The Bertz CT molecular complexity index is 906. The Kier molecular flexibility index (Phi) is 6.81. The number of nitrogens with one attached hydrogen (secondary N) is 2. The third-order valence-electron chi connectivity index (χ3n) is 4.34. The van der Waals surface area contributed by atoms with Crippen LogP contribution >= 0.6 is 0 Å². The van der Waals surface area contributed by atoms with Crippen molar-refractivity contribution >= 4 is 5.91 Å². The maximum atomic E-state index is 12.8. The largest absolute Gasteiger partial charge is 0.497 e. The van der Waals surface area contributed by atoms with Crippen LogP contribution in [0.5, 0.6) is 5.75 Å². The van der Waals surface area contributed by atoms with Crippen LogP contribution in [0.3, 0.4) is 0 Å². The second-order valence-corrected chi connectivity index (χ2v) is 6.41. The first kappa shape index (κ1) is 19.6. The lowest BCUT2D eigenvalue weighted by molar-refractivity contribution is 0.0954. The number of amides is 1. The van der Waals surface area contributed by atoms with Gasteiger partial charge in [-0.2, -0.15) is 5.10 Å². The zero-order chi connectivity index (χ0) is 19.8. The van der Waals surface area contributed by atoms with Crippen LogP contribution in [0.4, 0.5) is 0 Å². The molecule has 0 aliphatic heterocycles. The zero-order valence-corrected chi connectivity index (χ0v) is 16.3. The van der Waals surface area contributed by atoms with E-state index in [1.54, 1.807) is 18.0 Å². The maximum absolute atomic E-state index is 12.8. The van der Waals surface area contributed by atoms with Gasteiger partial charge >= 0.3 is 0 Å². The Balaban J connectivity index is 1.90. The van der Waals surface area contributed by atoms with Crippen LogP contribution in [0, 0.1) is 0 Å². The summed E-state index contributed by atoms with van der Waals surface area (Å²) < 4.78 is 7.06. The van der Waals surface area contributed by atoms with Crippen LogP contribution in [-0.4, -0.2) is 42.4 Å². The molecule has 0 bridgehead atoms. The van der Waals surface area contributed by atoms with Crippen molar-refractivity contribution in [3.8, 4) is 22.7 Å². The van der Waals surface area contributed by atoms with Gasteiger partial charge in [0.1, 0.15) is 11.4 Å². The van der Waals surface area contributed by atoms with Gasteiger partial charge < -0.3 is 15.4 Å². The molecule has 28 heavy (non-hydrogen) atoms. The van der Waals surface area contributed by atoms with Crippen molar-refractivity contribution in [2.24, 2.45) is 0 Å². The molecule has 0 atom stereocenters. The minimum absolute atomic E-state index is 0.140. The van der Waals surface area contributed by atoms with Crippen molar-refractivity contribution in [3.63, 3.8) is 0 Å². The molecule has 3 rings (SSSR count). The third kappa shape index (κ3) is 4.78. The van der Waals surface area contributed by atoms with Crippen molar-refractivity contribution in [3.05, 3.63) is 66.4 Å². The first-order valence-corrected chi connectivity index (χ1v) is 9.51. The quantitative estimate of drug-likeness (QED) is 0.561. The van der Waals surface area contributed by atoms with E-state index in [1.165, 1.54) is 0 Å². The normalized spacial score (nSPS) is 10.6. The number of ether oxygens (including phenoxy) is 1. The van der Waals surface area contributed by atoms with Crippen LogP contribution in [0.2, 0.25) is 0 Å². The standard InChI is InChI=1S/C22H26N4O2/c1-3-12-23-13-14-24-22(27)20-16-26(18-9-5-4-6-10-18)25-21(20)17-8-7-11-19(15-17)28-2/h4-11,15-16,23H,3,12-14H2,1-2H3,(H,24,27). The Morgan fingerprint density at radius 1 is 1.07 bits per heavy atom. The molecule has 2 aromatic carbocycles. The average Bonchev–Trinajstić information content (AvgIpc) is 3.20. The van der Waals surface area contributed by atoms with Gasteiger partial charge in [-0.15, -0.1) is 0 Å². The molecule has 6 heteroatoms. The van der Waals surface area contributed by atoms with Gasteiger partial charge in [0.2, 0.25) is 0 Å². The number of hydrogen-bond acceptors (Lipinski definition) is 4. The molecular formula is C22H26N4O2. The number of para-hydroxylation sites is 1. The predicted molar refractivity (Wildman–Crippen MR) is 111 cm³/mol. The van der Waals surface area contributed by atoms with E-state index < -0.39 is 0 Å². The summed E-state index contributed by atoms with van der Waals surface area (Å²) in [5, 5.41) is 10.9. The smallest absolute Gasteiger partial charge is 0.255 e. The van der Waals surface area contributed by atoms with Gasteiger partial charge in [-0.1, -0.05) is 37.3 Å². The second kappa shape index (κ2) is 9.71. The Labute approximate surface area is 165 Å². The number of benzene rings is 2. The molecule has 0 radical (unpaired) electrons. The molecule has 0 fully saturated rings. The number of nitrogens with zero attached hydrogens (tertiary/aromatic N) is 2. The van der Waals surface area contributed by atoms with Crippen molar-refractivity contribution in [2.75, 3.05) is 26.7 Å². The minimum Gasteiger partial charge on any atom is -0.497 e. The van der Waals surface area contributed by atoms with Gasteiger partial charge in [0.05, 0.1) is 18.4 Å². The molecule has 3 aromatic rings. The number of rotatable bonds is 9. The topological polar surface area (TPSA) is 68.2 Å². The Morgan fingerprint density at radius 2 is 1.89 bits per heavy atom. The molecule has 0 saturated heterocycles. The van der Waals surface area contributed by atoms with E-state index in [0.29, 0.717) is 17.8 Å². The molecule has 6 nitrogen and oxygen atoms in total. The van der Waals surface area contributed by atoms with Crippen LogP contribution in [-0.2, 0) is 0 Å². The molecule has 1 aromatic heterocycles. The molecule has 0 saturated carbocycles. The maximum Gasteiger partial charge on any atom is 0.255 e. The van der Waals surface area contributed by atoms with E-state index in [1.807, 2.05) is 54.6 Å². The van der Waals surface area contributed by atoms with E-state index in [0.717, 1.165) is 36.5 Å². The first-order chi connectivity index (χ1) is 13.7. The second-order valence-electron chi connectivity index (χ2n) is 6.41. The summed E-state index contributed by atoms with van der Waals surface area (Å²) >= 11 is 0. The Hall–Kier alpha value is -3.12. The average molecular weight is 378 g/mol. The molecule has 1 heterocycles. The van der Waals surface area contributed by atoms with Crippen LogP contribution in [0.15, 0.2) is 60.8 Å². The monoisotopic (exact) mass is 378 g/mol. The van der Waals surface area contributed by atoms with E-state index in [-0.39, 0.29) is 5.91 Å². The molecule has 0 unspecified atom stereocenters. The summed E-state index contributed by atoms with van der Waals surface area (Å²) in [4.78, 5) is 12.8.